The van der Waals surface area contributed by atoms with Crippen LogP contribution in [-0.2, 0) is 9.59 Å². The molecule has 0 unspecified atom stereocenters. The van der Waals surface area contributed by atoms with Crippen molar-refractivity contribution < 1.29 is 19.8 Å². The summed E-state index contributed by atoms with van der Waals surface area (Å²) in [6, 6.07) is 0. The van der Waals surface area contributed by atoms with Crippen LogP contribution in [0.1, 0.15) is 52.4 Å². The Bertz CT molecular complexity index is 319. The number of carbonyl (C=O) groups excluding carboxylic acids is 1. The molecule has 104 valence electrons. The van der Waals surface area contributed by atoms with Gasteiger partial charge >= 0.3 is 5.97 Å². The molecule has 0 aromatic heterocycles. The van der Waals surface area contributed by atoms with Crippen molar-refractivity contribution in [2.75, 3.05) is 6.54 Å². The molecular formula is C13H23NO4. The Balaban J connectivity index is 2.39. The molecule has 0 spiro atoms. The average molecular weight is 257 g/mol. The Morgan fingerprint density at radius 2 is 1.78 bits per heavy atom. The van der Waals surface area contributed by atoms with E-state index in [2.05, 4.69) is 5.32 Å². The van der Waals surface area contributed by atoms with E-state index < -0.39 is 17.0 Å². The van der Waals surface area contributed by atoms with Gasteiger partial charge in [-0.3, -0.25) is 9.59 Å². The van der Waals surface area contributed by atoms with Gasteiger partial charge in [-0.15, -0.1) is 0 Å². The molecule has 1 amide bonds. The molecule has 1 aliphatic carbocycles. The van der Waals surface area contributed by atoms with E-state index in [0.29, 0.717) is 12.8 Å². The molecule has 0 radical (unpaired) electrons. The first-order chi connectivity index (χ1) is 8.25. The molecule has 1 fully saturated rings. The molecule has 0 aromatic carbocycles. The summed E-state index contributed by atoms with van der Waals surface area (Å²) in [4.78, 5) is 22.6. The maximum Gasteiger partial charge on any atom is 0.309 e. The summed E-state index contributed by atoms with van der Waals surface area (Å²) in [5.41, 5.74) is -1.87. The lowest BCUT2D eigenvalue weighted by atomic mass is 9.84. The summed E-state index contributed by atoms with van der Waals surface area (Å²) in [6.45, 7) is 3.26. The van der Waals surface area contributed by atoms with Crippen LogP contribution in [0.5, 0.6) is 0 Å². The van der Waals surface area contributed by atoms with Crippen LogP contribution in [0.2, 0.25) is 0 Å². The first-order valence-corrected chi connectivity index (χ1v) is 6.48. The molecule has 5 heteroatoms. The van der Waals surface area contributed by atoms with Crippen LogP contribution in [0.25, 0.3) is 0 Å². The summed E-state index contributed by atoms with van der Waals surface area (Å²) in [5.74, 6) is -1.31. The minimum Gasteiger partial charge on any atom is -0.481 e. The van der Waals surface area contributed by atoms with Crippen LogP contribution >= 0.6 is 0 Å². The van der Waals surface area contributed by atoms with E-state index in [0.717, 1.165) is 19.3 Å². The number of rotatable bonds is 5. The molecule has 1 saturated carbocycles. The summed E-state index contributed by atoms with van der Waals surface area (Å²) < 4.78 is 0. The van der Waals surface area contributed by atoms with E-state index in [1.807, 2.05) is 0 Å². The minimum atomic E-state index is -1.07. The number of hydrogen-bond donors (Lipinski definition) is 3. The van der Waals surface area contributed by atoms with Crippen molar-refractivity contribution in [3.8, 4) is 0 Å². The normalized spacial score (nSPS) is 19.3. The SMILES string of the molecule is CC(C)(CC(=O)NCC1(O)CCCCC1)C(=O)O. The van der Waals surface area contributed by atoms with Crippen molar-refractivity contribution in [2.45, 2.75) is 58.0 Å². The number of carbonyl (C=O) groups is 2. The Morgan fingerprint density at radius 1 is 1.22 bits per heavy atom. The molecule has 0 aliphatic heterocycles. The number of carboxylic acid groups (broad SMARTS) is 1. The molecule has 0 heterocycles. The Kier molecular flexibility index (Phi) is 4.73. The third kappa shape index (κ3) is 4.29. The topological polar surface area (TPSA) is 86.6 Å². The van der Waals surface area contributed by atoms with E-state index in [-0.39, 0.29) is 18.9 Å². The fraction of sp³-hybridized carbons (Fsp3) is 0.846. The van der Waals surface area contributed by atoms with Gasteiger partial charge in [0.15, 0.2) is 0 Å². The monoisotopic (exact) mass is 257 g/mol. The highest BCUT2D eigenvalue weighted by Crippen LogP contribution is 2.27. The maximum atomic E-state index is 11.7. The van der Waals surface area contributed by atoms with Gasteiger partial charge in [0.1, 0.15) is 0 Å². The predicted octanol–water partition coefficient (Wildman–Crippen LogP) is 1.30. The quantitative estimate of drug-likeness (QED) is 0.693. The third-order valence-corrected chi connectivity index (χ3v) is 3.58. The molecule has 0 atom stereocenters. The van der Waals surface area contributed by atoms with Crippen LogP contribution in [0.3, 0.4) is 0 Å². The summed E-state index contributed by atoms with van der Waals surface area (Å²) in [5, 5.41) is 21.8. The van der Waals surface area contributed by atoms with Crippen molar-refractivity contribution in [3.05, 3.63) is 0 Å². The van der Waals surface area contributed by atoms with E-state index >= 15 is 0 Å². The highest BCUT2D eigenvalue weighted by Gasteiger charge is 2.32. The number of hydrogen-bond acceptors (Lipinski definition) is 3. The van der Waals surface area contributed by atoms with Crippen LogP contribution in [0.4, 0.5) is 0 Å². The molecule has 0 saturated heterocycles. The second-order valence-corrected chi connectivity index (χ2v) is 5.93. The fourth-order valence-electron chi connectivity index (χ4n) is 2.19. The van der Waals surface area contributed by atoms with Gasteiger partial charge in [-0.25, -0.2) is 0 Å². The molecule has 1 rings (SSSR count). The highest BCUT2D eigenvalue weighted by atomic mass is 16.4. The molecule has 0 bridgehead atoms. The van der Waals surface area contributed by atoms with Crippen molar-refractivity contribution in [1.29, 1.82) is 0 Å². The van der Waals surface area contributed by atoms with Gasteiger partial charge in [0.25, 0.3) is 0 Å². The molecule has 1 aliphatic rings. The first kappa shape index (κ1) is 15.0. The Labute approximate surface area is 108 Å². The van der Waals surface area contributed by atoms with Gasteiger partial charge < -0.3 is 15.5 Å². The van der Waals surface area contributed by atoms with Crippen molar-refractivity contribution >= 4 is 11.9 Å². The van der Waals surface area contributed by atoms with Crippen molar-refractivity contribution in [2.24, 2.45) is 5.41 Å². The predicted molar refractivity (Wildman–Crippen MR) is 67.1 cm³/mol. The lowest BCUT2D eigenvalue weighted by molar-refractivity contribution is -0.149. The van der Waals surface area contributed by atoms with E-state index in [9.17, 15) is 14.7 Å². The lowest BCUT2D eigenvalue weighted by Crippen LogP contribution is -2.45. The standard InChI is InChI=1S/C13H23NO4/c1-12(2,11(16)17)8-10(15)14-9-13(18)6-4-3-5-7-13/h18H,3-9H2,1-2H3,(H,14,15)(H,16,17). The molecule has 5 nitrogen and oxygen atoms in total. The zero-order chi connectivity index (χ0) is 13.8. The van der Waals surface area contributed by atoms with Gasteiger partial charge in [0.05, 0.1) is 11.0 Å². The number of amides is 1. The number of aliphatic hydroxyl groups is 1. The zero-order valence-electron chi connectivity index (χ0n) is 11.2. The first-order valence-electron chi connectivity index (χ1n) is 6.48. The van der Waals surface area contributed by atoms with Crippen LogP contribution < -0.4 is 5.32 Å². The summed E-state index contributed by atoms with van der Waals surface area (Å²) >= 11 is 0. The molecule has 3 N–H and O–H groups in total. The number of nitrogens with one attached hydrogen (secondary N) is 1. The van der Waals surface area contributed by atoms with E-state index in [1.165, 1.54) is 13.8 Å². The van der Waals surface area contributed by atoms with E-state index in [1.54, 1.807) is 0 Å². The number of aliphatic carboxylic acids is 1. The molecular weight excluding hydrogens is 234 g/mol. The second kappa shape index (κ2) is 5.69. The smallest absolute Gasteiger partial charge is 0.309 e. The second-order valence-electron chi connectivity index (χ2n) is 5.93. The van der Waals surface area contributed by atoms with Gasteiger partial charge in [0.2, 0.25) is 5.91 Å². The van der Waals surface area contributed by atoms with Crippen LogP contribution in [0.15, 0.2) is 0 Å². The summed E-state index contributed by atoms with van der Waals surface area (Å²) in [7, 11) is 0. The Hall–Kier alpha value is -1.10. The largest absolute Gasteiger partial charge is 0.481 e. The van der Waals surface area contributed by atoms with E-state index in [4.69, 9.17) is 5.11 Å². The third-order valence-electron chi connectivity index (χ3n) is 3.58. The lowest BCUT2D eigenvalue weighted by Gasteiger charge is -2.32. The zero-order valence-corrected chi connectivity index (χ0v) is 11.2. The van der Waals surface area contributed by atoms with Crippen molar-refractivity contribution in [3.63, 3.8) is 0 Å². The highest BCUT2D eigenvalue weighted by molar-refractivity contribution is 5.84. The molecule has 18 heavy (non-hydrogen) atoms. The fourth-order valence-corrected chi connectivity index (χ4v) is 2.19. The van der Waals surface area contributed by atoms with Gasteiger partial charge in [-0.05, 0) is 26.7 Å². The van der Waals surface area contributed by atoms with Gasteiger partial charge in [-0.1, -0.05) is 19.3 Å². The van der Waals surface area contributed by atoms with Crippen molar-refractivity contribution in [1.82, 2.24) is 5.32 Å². The van der Waals surface area contributed by atoms with Crippen LogP contribution in [-0.4, -0.2) is 34.2 Å². The molecule has 0 aromatic rings. The number of carboxylic acids is 1. The average Bonchev–Trinajstić information content (AvgIpc) is 2.27. The minimum absolute atomic E-state index is 0.0710. The van der Waals surface area contributed by atoms with Crippen LogP contribution in [0, 0.1) is 5.41 Å². The summed E-state index contributed by atoms with van der Waals surface area (Å²) in [6.07, 6.45) is 4.42. The van der Waals surface area contributed by atoms with Gasteiger partial charge in [0, 0.05) is 13.0 Å². The maximum absolute atomic E-state index is 11.7. The van der Waals surface area contributed by atoms with Gasteiger partial charge in [-0.2, -0.15) is 0 Å². The Morgan fingerprint density at radius 3 is 2.28 bits per heavy atom.